The Morgan fingerprint density at radius 3 is 2.64 bits per heavy atom. The van der Waals surface area contributed by atoms with E-state index in [-0.39, 0.29) is 0 Å². The van der Waals surface area contributed by atoms with Crippen LogP contribution in [0, 0.1) is 5.92 Å². The van der Waals surface area contributed by atoms with E-state index in [9.17, 15) is 0 Å². The van der Waals surface area contributed by atoms with Crippen molar-refractivity contribution in [3.8, 4) is 5.75 Å². The van der Waals surface area contributed by atoms with Gasteiger partial charge in [-0.15, -0.1) is 0 Å². The third-order valence-electron chi connectivity index (χ3n) is 5.50. The second kappa shape index (κ2) is 7.19. The highest BCUT2D eigenvalue weighted by Crippen LogP contribution is 2.40. The van der Waals surface area contributed by atoms with Crippen LogP contribution in [0.5, 0.6) is 5.75 Å². The first kappa shape index (κ1) is 17.2. The third-order valence-corrected chi connectivity index (χ3v) is 6.21. The van der Waals surface area contributed by atoms with Gasteiger partial charge in [-0.2, -0.15) is 0 Å². The molecule has 2 aromatic carbocycles. The number of hydrogen-bond donors (Lipinski definition) is 0. The lowest BCUT2D eigenvalue weighted by atomic mass is 10.1. The number of hydrogen-bond acceptors (Lipinski definition) is 2. The van der Waals surface area contributed by atoms with Crippen molar-refractivity contribution in [1.29, 1.82) is 0 Å². The second-order valence-corrected chi connectivity index (χ2v) is 8.11. The molecule has 2 aliphatic rings. The van der Waals surface area contributed by atoms with Gasteiger partial charge in [-0.1, -0.05) is 42.3 Å². The van der Waals surface area contributed by atoms with Crippen molar-refractivity contribution in [1.82, 2.24) is 4.90 Å². The number of likely N-dealkylation sites (tertiary alicyclic amines) is 1. The van der Waals surface area contributed by atoms with Gasteiger partial charge in [0.15, 0.2) is 0 Å². The molecular formula is C21H23Cl2NO. The van der Waals surface area contributed by atoms with Crippen LogP contribution in [0.1, 0.15) is 42.5 Å². The average Bonchev–Trinajstić information content (AvgIpc) is 3.20. The average molecular weight is 376 g/mol. The Labute approximate surface area is 159 Å². The van der Waals surface area contributed by atoms with Crippen LogP contribution in [0.15, 0.2) is 36.4 Å². The fraction of sp³-hybridized carbons (Fsp3) is 0.429. The summed E-state index contributed by atoms with van der Waals surface area (Å²) in [5.41, 5.74) is 3.75. The van der Waals surface area contributed by atoms with E-state index in [0.717, 1.165) is 23.7 Å². The van der Waals surface area contributed by atoms with Crippen molar-refractivity contribution in [3.05, 3.63) is 63.1 Å². The molecule has 0 amide bonds. The largest absolute Gasteiger partial charge is 0.489 e. The van der Waals surface area contributed by atoms with E-state index in [1.807, 2.05) is 18.2 Å². The number of rotatable bonds is 4. The Bertz CT molecular complexity index is 756. The predicted octanol–water partition coefficient (Wildman–Crippen LogP) is 5.90. The van der Waals surface area contributed by atoms with Crippen molar-refractivity contribution in [2.75, 3.05) is 13.1 Å². The lowest BCUT2D eigenvalue weighted by Gasteiger charge is -2.24. The maximum absolute atomic E-state index is 6.22. The fourth-order valence-electron chi connectivity index (χ4n) is 4.12. The molecule has 1 aliphatic carbocycles. The Balaban J connectivity index is 1.47. The molecule has 0 N–H and O–H groups in total. The van der Waals surface area contributed by atoms with Crippen molar-refractivity contribution < 1.29 is 4.74 Å². The molecule has 4 rings (SSSR count). The molecule has 4 heteroatoms. The van der Waals surface area contributed by atoms with Crippen molar-refractivity contribution in [3.63, 3.8) is 0 Å². The van der Waals surface area contributed by atoms with Crippen LogP contribution >= 0.6 is 23.2 Å². The first-order valence-electron chi connectivity index (χ1n) is 9.04. The first-order valence-corrected chi connectivity index (χ1v) is 9.80. The summed E-state index contributed by atoms with van der Waals surface area (Å²) in [5.74, 6) is 1.72. The number of halogens is 2. The molecule has 1 heterocycles. The van der Waals surface area contributed by atoms with Gasteiger partial charge in [0.1, 0.15) is 12.4 Å². The molecule has 0 bridgehead atoms. The normalized spacial score (nSPS) is 23.0. The summed E-state index contributed by atoms with van der Waals surface area (Å²) in [6.07, 6.45) is 3.68. The van der Waals surface area contributed by atoms with Gasteiger partial charge in [-0.25, -0.2) is 0 Å². The molecule has 132 valence electrons. The van der Waals surface area contributed by atoms with Crippen LogP contribution in [0.3, 0.4) is 0 Å². The molecule has 2 nitrogen and oxygen atoms in total. The molecule has 2 aromatic rings. The summed E-state index contributed by atoms with van der Waals surface area (Å²) in [5, 5.41) is 1.30. The number of nitrogens with zero attached hydrogens (tertiary/aromatic N) is 1. The van der Waals surface area contributed by atoms with Crippen LogP contribution < -0.4 is 4.74 Å². The molecule has 2 unspecified atom stereocenters. The van der Waals surface area contributed by atoms with Crippen molar-refractivity contribution in [2.24, 2.45) is 5.92 Å². The summed E-state index contributed by atoms with van der Waals surface area (Å²) in [4.78, 5) is 2.65. The molecule has 0 radical (unpaired) electrons. The minimum atomic E-state index is 0.393. The van der Waals surface area contributed by atoms with Gasteiger partial charge >= 0.3 is 0 Å². The molecule has 2 atom stereocenters. The maximum Gasteiger partial charge on any atom is 0.120 e. The lowest BCUT2D eigenvalue weighted by molar-refractivity contribution is 0.238. The van der Waals surface area contributed by atoms with E-state index in [0.29, 0.717) is 22.7 Å². The molecule has 1 fully saturated rings. The molecular weight excluding hydrogens is 353 g/mol. The molecule has 1 saturated heterocycles. The topological polar surface area (TPSA) is 12.5 Å². The van der Waals surface area contributed by atoms with Gasteiger partial charge in [-0.05, 0) is 67.1 Å². The predicted molar refractivity (Wildman–Crippen MR) is 104 cm³/mol. The lowest BCUT2D eigenvalue weighted by Crippen LogP contribution is -2.24. The van der Waals surface area contributed by atoms with Crippen LogP contribution in [0.2, 0.25) is 10.0 Å². The van der Waals surface area contributed by atoms with Crippen LogP contribution in [-0.2, 0) is 13.0 Å². The van der Waals surface area contributed by atoms with Crippen LogP contribution in [-0.4, -0.2) is 18.0 Å². The minimum Gasteiger partial charge on any atom is -0.489 e. The summed E-state index contributed by atoms with van der Waals surface area (Å²) in [6.45, 7) is 5.21. The van der Waals surface area contributed by atoms with Crippen molar-refractivity contribution in [2.45, 2.75) is 38.8 Å². The number of ether oxygens (including phenoxy) is 1. The van der Waals surface area contributed by atoms with Gasteiger partial charge in [0.05, 0.1) is 0 Å². The van der Waals surface area contributed by atoms with Gasteiger partial charge in [-0.3, -0.25) is 4.90 Å². The van der Waals surface area contributed by atoms with Gasteiger partial charge < -0.3 is 4.74 Å². The fourth-order valence-corrected chi connectivity index (χ4v) is 4.62. The highest BCUT2D eigenvalue weighted by atomic mass is 35.5. The van der Waals surface area contributed by atoms with E-state index in [2.05, 4.69) is 30.0 Å². The monoisotopic (exact) mass is 375 g/mol. The number of aryl methyl sites for hydroxylation is 1. The Kier molecular flexibility index (Phi) is 4.95. The quantitative estimate of drug-likeness (QED) is 0.659. The standard InChI is InChI=1S/C21H23Cl2NO/c1-14-9-10-24(12-14)21-8-5-15-11-16(6-7-17(15)21)25-13-18-19(22)3-2-4-20(18)23/h2-4,6-7,11,14,21H,5,8-10,12-13H2,1H3. The first-order chi connectivity index (χ1) is 12.1. The zero-order valence-electron chi connectivity index (χ0n) is 14.5. The van der Waals surface area contributed by atoms with E-state index in [1.165, 1.54) is 37.1 Å². The molecule has 1 aliphatic heterocycles. The Morgan fingerprint density at radius 2 is 1.92 bits per heavy atom. The van der Waals surface area contributed by atoms with Gasteiger partial charge in [0.25, 0.3) is 0 Å². The second-order valence-electron chi connectivity index (χ2n) is 7.29. The highest BCUT2D eigenvalue weighted by molar-refractivity contribution is 6.35. The zero-order valence-corrected chi connectivity index (χ0v) is 16.0. The van der Waals surface area contributed by atoms with Gasteiger partial charge in [0.2, 0.25) is 0 Å². The summed E-state index contributed by atoms with van der Waals surface area (Å²) < 4.78 is 5.97. The maximum atomic E-state index is 6.22. The third kappa shape index (κ3) is 3.53. The Hall–Kier alpha value is -1.22. The molecule has 25 heavy (non-hydrogen) atoms. The van der Waals surface area contributed by atoms with E-state index < -0.39 is 0 Å². The summed E-state index contributed by atoms with van der Waals surface area (Å²) in [6, 6.07) is 12.7. The van der Waals surface area contributed by atoms with Gasteiger partial charge in [0, 0.05) is 28.2 Å². The zero-order chi connectivity index (χ0) is 17.4. The SMILES string of the molecule is CC1CCN(C2CCc3cc(OCc4c(Cl)cccc4Cl)ccc32)C1. The number of fused-ring (bicyclic) bond motifs is 1. The highest BCUT2D eigenvalue weighted by Gasteiger charge is 2.31. The van der Waals surface area contributed by atoms with E-state index >= 15 is 0 Å². The molecule has 0 spiro atoms. The molecule has 0 saturated carbocycles. The minimum absolute atomic E-state index is 0.393. The summed E-state index contributed by atoms with van der Waals surface area (Å²) >= 11 is 12.4. The van der Waals surface area contributed by atoms with Crippen LogP contribution in [0.4, 0.5) is 0 Å². The van der Waals surface area contributed by atoms with E-state index in [1.54, 1.807) is 0 Å². The van der Waals surface area contributed by atoms with E-state index in [4.69, 9.17) is 27.9 Å². The van der Waals surface area contributed by atoms with Crippen LogP contribution in [0.25, 0.3) is 0 Å². The smallest absolute Gasteiger partial charge is 0.120 e. The van der Waals surface area contributed by atoms with Crippen molar-refractivity contribution >= 4 is 23.2 Å². The summed E-state index contributed by atoms with van der Waals surface area (Å²) in [7, 11) is 0. The molecule has 0 aromatic heterocycles. The number of benzene rings is 2. The Morgan fingerprint density at radius 1 is 1.12 bits per heavy atom.